The van der Waals surface area contributed by atoms with Crippen molar-refractivity contribution in [2.45, 2.75) is 51.4 Å². The number of amides is 2. The highest BCUT2D eigenvalue weighted by Crippen LogP contribution is 2.25. The van der Waals surface area contributed by atoms with E-state index in [0.29, 0.717) is 19.4 Å². The molecule has 2 heterocycles. The SMILES string of the molecule is COc1ccc(C[C@@H]2NC(=O)[C@@H]3C[C@H](NCc4cc(C)ccc4C)CN3C2=O)cc1. The highest BCUT2D eigenvalue weighted by atomic mass is 16.5. The molecule has 0 aromatic heterocycles. The summed E-state index contributed by atoms with van der Waals surface area (Å²) in [5, 5.41) is 6.49. The Labute approximate surface area is 177 Å². The van der Waals surface area contributed by atoms with Gasteiger partial charge >= 0.3 is 0 Å². The summed E-state index contributed by atoms with van der Waals surface area (Å²) in [6.07, 6.45) is 1.13. The number of aryl methyl sites for hydroxylation is 2. The number of ether oxygens (including phenoxy) is 1. The third kappa shape index (κ3) is 4.19. The summed E-state index contributed by atoms with van der Waals surface area (Å²) in [5.74, 6) is 0.728. The van der Waals surface area contributed by atoms with Crippen LogP contribution in [-0.4, -0.2) is 48.5 Å². The number of benzene rings is 2. The van der Waals surface area contributed by atoms with Crippen LogP contribution >= 0.6 is 0 Å². The Morgan fingerprint density at radius 2 is 1.90 bits per heavy atom. The molecule has 6 nitrogen and oxygen atoms in total. The summed E-state index contributed by atoms with van der Waals surface area (Å²) in [5.41, 5.74) is 4.74. The molecule has 2 amide bonds. The minimum atomic E-state index is -0.514. The number of nitrogens with one attached hydrogen (secondary N) is 2. The van der Waals surface area contributed by atoms with Crippen LogP contribution in [0.25, 0.3) is 0 Å². The zero-order chi connectivity index (χ0) is 21.3. The lowest BCUT2D eigenvalue weighted by Crippen LogP contribution is -2.61. The number of nitrogens with zero attached hydrogens (tertiary/aromatic N) is 1. The van der Waals surface area contributed by atoms with E-state index in [2.05, 4.69) is 42.7 Å². The van der Waals surface area contributed by atoms with Gasteiger partial charge in [-0.2, -0.15) is 0 Å². The molecule has 30 heavy (non-hydrogen) atoms. The lowest BCUT2D eigenvalue weighted by Gasteiger charge is -2.34. The summed E-state index contributed by atoms with van der Waals surface area (Å²) in [6, 6.07) is 13.3. The lowest BCUT2D eigenvalue weighted by molar-refractivity contribution is -0.147. The topological polar surface area (TPSA) is 70.7 Å². The molecule has 2 fully saturated rings. The standard InChI is InChI=1S/C24H29N3O3/c1-15-4-5-16(2)18(10-15)13-25-19-12-22-23(28)26-21(24(29)27(22)14-19)11-17-6-8-20(30-3)9-7-17/h4-10,19,21-22,25H,11-14H2,1-3H3,(H,26,28)/t19-,21-,22-/m0/s1. The molecule has 2 saturated heterocycles. The van der Waals surface area contributed by atoms with Crippen LogP contribution in [0.3, 0.4) is 0 Å². The number of carbonyl (C=O) groups is 2. The molecule has 0 radical (unpaired) electrons. The maximum atomic E-state index is 13.1. The Morgan fingerprint density at radius 1 is 1.13 bits per heavy atom. The highest BCUT2D eigenvalue weighted by molar-refractivity contribution is 5.97. The summed E-state index contributed by atoms with van der Waals surface area (Å²) >= 11 is 0. The Morgan fingerprint density at radius 3 is 2.63 bits per heavy atom. The molecule has 3 atom stereocenters. The Hall–Kier alpha value is -2.86. The number of carbonyl (C=O) groups excluding carboxylic acids is 2. The lowest BCUT2D eigenvalue weighted by atomic mass is 10.0. The number of rotatable bonds is 6. The fraction of sp³-hybridized carbons (Fsp3) is 0.417. The summed E-state index contributed by atoms with van der Waals surface area (Å²) in [7, 11) is 1.62. The van der Waals surface area contributed by atoms with Gasteiger partial charge in [0.05, 0.1) is 7.11 Å². The molecule has 0 bridgehead atoms. The van der Waals surface area contributed by atoms with Gasteiger partial charge in [-0.1, -0.05) is 35.9 Å². The normalized spacial score (nSPS) is 23.3. The number of hydrogen-bond donors (Lipinski definition) is 2. The van der Waals surface area contributed by atoms with E-state index in [9.17, 15) is 9.59 Å². The van der Waals surface area contributed by atoms with Crippen LogP contribution in [0.5, 0.6) is 5.75 Å². The van der Waals surface area contributed by atoms with E-state index in [4.69, 9.17) is 4.74 Å². The van der Waals surface area contributed by atoms with Crippen molar-refractivity contribution in [1.82, 2.24) is 15.5 Å². The van der Waals surface area contributed by atoms with Gasteiger partial charge in [-0.15, -0.1) is 0 Å². The van der Waals surface area contributed by atoms with Crippen molar-refractivity contribution in [3.05, 3.63) is 64.7 Å². The maximum absolute atomic E-state index is 13.1. The first-order valence-electron chi connectivity index (χ1n) is 10.5. The van der Waals surface area contributed by atoms with Crippen molar-refractivity contribution >= 4 is 11.8 Å². The minimum absolute atomic E-state index is 0.00598. The van der Waals surface area contributed by atoms with Crippen LogP contribution in [0.1, 0.15) is 28.7 Å². The highest BCUT2D eigenvalue weighted by Gasteiger charge is 2.46. The molecule has 6 heteroatoms. The first-order chi connectivity index (χ1) is 14.4. The molecule has 4 rings (SSSR count). The maximum Gasteiger partial charge on any atom is 0.246 e. The van der Waals surface area contributed by atoms with Gasteiger partial charge < -0.3 is 20.3 Å². The quantitative estimate of drug-likeness (QED) is 0.770. The number of piperazine rings is 1. The third-order valence-electron chi connectivity index (χ3n) is 6.19. The molecule has 2 aliphatic heterocycles. The van der Waals surface area contributed by atoms with E-state index in [1.165, 1.54) is 16.7 Å². The van der Waals surface area contributed by atoms with Gasteiger partial charge in [-0.05, 0) is 49.1 Å². The molecule has 2 aromatic carbocycles. The van der Waals surface area contributed by atoms with Gasteiger partial charge in [0.1, 0.15) is 17.8 Å². The second-order valence-corrected chi connectivity index (χ2v) is 8.36. The van der Waals surface area contributed by atoms with Gasteiger partial charge in [0.25, 0.3) is 0 Å². The minimum Gasteiger partial charge on any atom is -0.497 e. The van der Waals surface area contributed by atoms with Gasteiger partial charge in [0.15, 0.2) is 0 Å². The second kappa shape index (κ2) is 8.48. The van der Waals surface area contributed by atoms with Gasteiger partial charge in [0.2, 0.25) is 11.8 Å². The molecule has 2 aliphatic rings. The van der Waals surface area contributed by atoms with Crippen molar-refractivity contribution in [3.63, 3.8) is 0 Å². The van der Waals surface area contributed by atoms with Crippen molar-refractivity contribution in [2.75, 3.05) is 13.7 Å². The van der Waals surface area contributed by atoms with Crippen molar-refractivity contribution in [1.29, 1.82) is 0 Å². The Kier molecular flexibility index (Phi) is 5.77. The zero-order valence-corrected chi connectivity index (χ0v) is 17.8. The number of fused-ring (bicyclic) bond motifs is 1. The largest absolute Gasteiger partial charge is 0.497 e. The van der Waals surface area contributed by atoms with Crippen LogP contribution in [0.4, 0.5) is 0 Å². The van der Waals surface area contributed by atoms with Crippen LogP contribution in [0, 0.1) is 13.8 Å². The van der Waals surface area contributed by atoms with Crippen LogP contribution in [0.2, 0.25) is 0 Å². The van der Waals surface area contributed by atoms with E-state index < -0.39 is 6.04 Å². The van der Waals surface area contributed by atoms with Crippen molar-refractivity contribution in [3.8, 4) is 5.75 Å². The van der Waals surface area contributed by atoms with E-state index in [1.807, 2.05) is 24.3 Å². The molecule has 0 saturated carbocycles. The number of hydrogen-bond acceptors (Lipinski definition) is 4. The smallest absolute Gasteiger partial charge is 0.246 e. The van der Waals surface area contributed by atoms with Crippen LogP contribution in [-0.2, 0) is 22.6 Å². The molecule has 2 aromatic rings. The van der Waals surface area contributed by atoms with E-state index in [1.54, 1.807) is 12.0 Å². The molecule has 0 aliphatic carbocycles. The van der Waals surface area contributed by atoms with Crippen LogP contribution < -0.4 is 15.4 Å². The fourth-order valence-corrected chi connectivity index (χ4v) is 4.39. The molecule has 158 valence electrons. The van der Waals surface area contributed by atoms with Gasteiger partial charge in [-0.25, -0.2) is 0 Å². The number of methoxy groups -OCH3 is 1. The predicted molar refractivity (Wildman–Crippen MR) is 115 cm³/mol. The molecule has 2 N–H and O–H groups in total. The first kappa shape index (κ1) is 20.4. The third-order valence-corrected chi connectivity index (χ3v) is 6.19. The summed E-state index contributed by atoms with van der Waals surface area (Å²) in [6.45, 7) is 5.50. The average molecular weight is 408 g/mol. The predicted octanol–water partition coefficient (Wildman–Crippen LogP) is 2.11. The molecule has 0 unspecified atom stereocenters. The molecule has 0 spiro atoms. The van der Waals surface area contributed by atoms with Gasteiger partial charge in [-0.3, -0.25) is 9.59 Å². The summed E-state index contributed by atoms with van der Waals surface area (Å²) in [4.78, 5) is 27.5. The molecular weight excluding hydrogens is 378 g/mol. The van der Waals surface area contributed by atoms with Crippen LogP contribution in [0.15, 0.2) is 42.5 Å². The first-order valence-corrected chi connectivity index (χ1v) is 10.5. The Balaban J connectivity index is 1.39. The van der Waals surface area contributed by atoms with E-state index in [-0.39, 0.29) is 23.9 Å². The van der Waals surface area contributed by atoms with E-state index in [0.717, 1.165) is 17.9 Å². The zero-order valence-electron chi connectivity index (χ0n) is 17.8. The average Bonchev–Trinajstić information content (AvgIpc) is 3.18. The van der Waals surface area contributed by atoms with Crippen molar-refractivity contribution in [2.24, 2.45) is 0 Å². The second-order valence-electron chi connectivity index (χ2n) is 8.36. The van der Waals surface area contributed by atoms with E-state index >= 15 is 0 Å². The fourth-order valence-electron chi connectivity index (χ4n) is 4.39. The Bertz CT molecular complexity index is 941. The monoisotopic (exact) mass is 407 g/mol. The van der Waals surface area contributed by atoms with Crippen molar-refractivity contribution < 1.29 is 14.3 Å². The van der Waals surface area contributed by atoms with Gasteiger partial charge in [0, 0.05) is 25.6 Å². The summed E-state index contributed by atoms with van der Waals surface area (Å²) < 4.78 is 5.18. The molecular formula is C24H29N3O3.